The summed E-state index contributed by atoms with van der Waals surface area (Å²) in [4.78, 5) is 0. The molecule has 0 heterocycles. The normalized spacial score (nSPS) is 10.5. The van der Waals surface area contributed by atoms with Crippen molar-refractivity contribution in [3.05, 3.63) is 33.9 Å². The third kappa shape index (κ3) is 2.00. The molecule has 1 aromatic carbocycles. The van der Waals surface area contributed by atoms with Gasteiger partial charge in [0.15, 0.2) is 0 Å². The Morgan fingerprint density at radius 3 is 2.08 bits per heavy atom. The maximum atomic E-state index is 5.90. The van der Waals surface area contributed by atoms with Crippen LogP contribution in [0.5, 0.6) is 0 Å². The van der Waals surface area contributed by atoms with Gasteiger partial charge >= 0.3 is 0 Å². The summed E-state index contributed by atoms with van der Waals surface area (Å²) in [6.07, 6.45) is 0. The van der Waals surface area contributed by atoms with E-state index in [4.69, 9.17) is 23.2 Å². The van der Waals surface area contributed by atoms with Gasteiger partial charge in [-0.25, -0.2) is 0 Å². The lowest BCUT2D eigenvalue weighted by atomic mass is 9.95. The molecule has 13 heavy (non-hydrogen) atoms. The number of aryl methyl sites for hydroxylation is 1. The van der Waals surface area contributed by atoms with Crippen molar-refractivity contribution in [2.45, 2.75) is 32.5 Å². The molecular formula is C11H14Cl2. The Hall–Kier alpha value is -0.200. The summed E-state index contributed by atoms with van der Waals surface area (Å²) in [6.45, 7) is 6.29. The van der Waals surface area contributed by atoms with E-state index in [-0.39, 0.29) is 0 Å². The van der Waals surface area contributed by atoms with Gasteiger partial charge in [0.25, 0.3) is 0 Å². The zero-order valence-electron chi connectivity index (χ0n) is 8.25. The molecule has 72 valence electrons. The molecule has 0 aliphatic carbocycles. The van der Waals surface area contributed by atoms with Crippen LogP contribution in [0.2, 0.25) is 0 Å². The Kier molecular flexibility index (Phi) is 3.63. The van der Waals surface area contributed by atoms with Gasteiger partial charge in [-0.2, -0.15) is 0 Å². The summed E-state index contributed by atoms with van der Waals surface area (Å²) in [5, 5.41) is 0. The van der Waals surface area contributed by atoms with Crippen LogP contribution in [0.1, 0.15) is 27.8 Å². The highest BCUT2D eigenvalue weighted by molar-refractivity contribution is 6.18. The molecule has 0 fully saturated rings. The molecule has 0 amide bonds. The van der Waals surface area contributed by atoms with E-state index in [1.807, 2.05) is 0 Å². The van der Waals surface area contributed by atoms with Crippen molar-refractivity contribution < 1.29 is 0 Å². The van der Waals surface area contributed by atoms with E-state index in [0.29, 0.717) is 11.8 Å². The first-order valence-electron chi connectivity index (χ1n) is 4.32. The number of alkyl halides is 2. The van der Waals surface area contributed by atoms with E-state index in [0.717, 1.165) is 0 Å². The van der Waals surface area contributed by atoms with Gasteiger partial charge in [-0.3, -0.25) is 0 Å². The van der Waals surface area contributed by atoms with Crippen LogP contribution < -0.4 is 0 Å². The zero-order chi connectivity index (χ0) is 10.0. The molecule has 0 saturated heterocycles. The van der Waals surface area contributed by atoms with Gasteiger partial charge in [-0.15, -0.1) is 23.2 Å². The van der Waals surface area contributed by atoms with Gasteiger partial charge in [0.1, 0.15) is 0 Å². The van der Waals surface area contributed by atoms with Crippen LogP contribution in [0, 0.1) is 20.8 Å². The minimum absolute atomic E-state index is 0.566. The molecule has 1 rings (SSSR count). The van der Waals surface area contributed by atoms with Crippen molar-refractivity contribution >= 4 is 23.2 Å². The standard InChI is InChI=1S/C11H14Cl2/c1-7-4-10(5-12)9(3)11(6-13)8(7)2/h4H,5-6H2,1-3H3. The van der Waals surface area contributed by atoms with Crippen molar-refractivity contribution in [3.8, 4) is 0 Å². The van der Waals surface area contributed by atoms with E-state index < -0.39 is 0 Å². The molecule has 0 bridgehead atoms. The molecule has 0 unspecified atom stereocenters. The Bertz CT molecular complexity index is 316. The van der Waals surface area contributed by atoms with Crippen molar-refractivity contribution in [2.24, 2.45) is 0 Å². The monoisotopic (exact) mass is 216 g/mol. The highest BCUT2D eigenvalue weighted by atomic mass is 35.5. The number of benzene rings is 1. The molecule has 0 spiro atoms. The summed E-state index contributed by atoms with van der Waals surface area (Å²) < 4.78 is 0. The van der Waals surface area contributed by atoms with Gasteiger partial charge in [0.05, 0.1) is 0 Å². The average molecular weight is 217 g/mol. The maximum Gasteiger partial charge on any atom is 0.0479 e. The maximum absolute atomic E-state index is 5.90. The van der Waals surface area contributed by atoms with Crippen LogP contribution in [0.25, 0.3) is 0 Å². The van der Waals surface area contributed by atoms with Crippen molar-refractivity contribution in [2.75, 3.05) is 0 Å². The molecule has 2 heteroatoms. The second-order valence-electron chi connectivity index (χ2n) is 3.35. The first-order valence-corrected chi connectivity index (χ1v) is 5.39. The summed E-state index contributed by atoms with van der Waals surface area (Å²) in [5.41, 5.74) is 6.24. The summed E-state index contributed by atoms with van der Waals surface area (Å²) in [7, 11) is 0. The fraction of sp³-hybridized carbons (Fsp3) is 0.455. The Morgan fingerprint density at radius 1 is 1.00 bits per heavy atom. The minimum atomic E-state index is 0.566. The van der Waals surface area contributed by atoms with E-state index in [2.05, 4.69) is 26.8 Å². The van der Waals surface area contributed by atoms with Crippen LogP contribution in [0.15, 0.2) is 6.07 Å². The molecule has 0 N–H and O–H groups in total. The van der Waals surface area contributed by atoms with Gasteiger partial charge in [-0.1, -0.05) is 6.07 Å². The third-order valence-electron chi connectivity index (χ3n) is 2.65. The van der Waals surface area contributed by atoms with Gasteiger partial charge in [0.2, 0.25) is 0 Å². The van der Waals surface area contributed by atoms with E-state index in [1.54, 1.807) is 0 Å². The average Bonchev–Trinajstić information content (AvgIpc) is 2.12. The van der Waals surface area contributed by atoms with E-state index >= 15 is 0 Å². The van der Waals surface area contributed by atoms with Gasteiger partial charge in [-0.05, 0) is 48.6 Å². The van der Waals surface area contributed by atoms with Crippen LogP contribution in [-0.4, -0.2) is 0 Å². The first kappa shape index (κ1) is 10.9. The fourth-order valence-electron chi connectivity index (χ4n) is 1.53. The SMILES string of the molecule is Cc1cc(CCl)c(C)c(CCl)c1C. The predicted octanol–water partition coefficient (Wildman–Crippen LogP) is 4.09. The molecule has 0 atom stereocenters. The highest BCUT2D eigenvalue weighted by Gasteiger charge is 2.08. The lowest BCUT2D eigenvalue weighted by Gasteiger charge is -2.13. The van der Waals surface area contributed by atoms with Gasteiger partial charge in [0, 0.05) is 11.8 Å². The van der Waals surface area contributed by atoms with Crippen molar-refractivity contribution in [1.82, 2.24) is 0 Å². The molecule has 1 aromatic rings. The summed E-state index contributed by atoms with van der Waals surface area (Å²) in [5.74, 6) is 1.14. The lowest BCUT2D eigenvalue weighted by Crippen LogP contribution is -1.98. The minimum Gasteiger partial charge on any atom is -0.122 e. The first-order chi connectivity index (χ1) is 6.11. The molecule has 0 radical (unpaired) electrons. The molecule has 0 saturated carbocycles. The largest absolute Gasteiger partial charge is 0.122 e. The van der Waals surface area contributed by atoms with Crippen LogP contribution in [0.3, 0.4) is 0 Å². The van der Waals surface area contributed by atoms with Crippen LogP contribution >= 0.6 is 23.2 Å². The van der Waals surface area contributed by atoms with Crippen LogP contribution in [-0.2, 0) is 11.8 Å². The number of rotatable bonds is 2. The zero-order valence-corrected chi connectivity index (χ0v) is 9.76. The van der Waals surface area contributed by atoms with Crippen LogP contribution in [0.4, 0.5) is 0 Å². The molecule has 0 aromatic heterocycles. The molecular weight excluding hydrogens is 203 g/mol. The summed E-state index contributed by atoms with van der Waals surface area (Å²) >= 11 is 11.7. The lowest BCUT2D eigenvalue weighted by molar-refractivity contribution is 1.14. The Labute approximate surface area is 89.9 Å². The molecule has 0 aliphatic rings. The third-order valence-corrected chi connectivity index (χ3v) is 3.20. The van der Waals surface area contributed by atoms with Gasteiger partial charge < -0.3 is 0 Å². The Balaban J connectivity index is 3.39. The van der Waals surface area contributed by atoms with E-state index in [9.17, 15) is 0 Å². The predicted molar refractivity (Wildman–Crippen MR) is 59.8 cm³/mol. The van der Waals surface area contributed by atoms with Crippen molar-refractivity contribution in [3.63, 3.8) is 0 Å². The second-order valence-corrected chi connectivity index (χ2v) is 3.88. The van der Waals surface area contributed by atoms with E-state index in [1.165, 1.54) is 27.8 Å². The molecule has 0 aliphatic heterocycles. The summed E-state index contributed by atoms with van der Waals surface area (Å²) in [6, 6.07) is 2.15. The number of hydrogen-bond acceptors (Lipinski definition) is 0. The highest BCUT2D eigenvalue weighted by Crippen LogP contribution is 2.24. The van der Waals surface area contributed by atoms with Crippen molar-refractivity contribution in [1.29, 1.82) is 0 Å². The quantitative estimate of drug-likeness (QED) is 0.654. The molecule has 0 nitrogen and oxygen atoms in total. The topological polar surface area (TPSA) is 0 Å². The second kappa shape index (κ2) is 4.34. The Morgan fingerprint density at radius 2 is 1.62 bits per heavy atom. The number of halogens is 2. The fourth-order valence-corrected chi connectivity index (χ4v) is 2.21. The smallest absolute Gasteiger partial charge is 0.0479 e. The number of hydrogen-bond donors (Lipinski definition) is 0.